The second kappa shape index (κ2) is 9.45. The van der Waals surface area contributed by atoms with Crippen LogP contribution in [-0.4, -0.2) is 45.4 Å². The Balaban J connectivity index is 1.63. The van der Waals surface area contributed by atoms with Gasteiger partial charge in [-0.3, -0.25) is 13.6 Å². The van der Waals surface area contributed by atoms with E-state index in [0.717, 1.165) is 38.2 Å². The molecule has 2 heterocycles. The van der Waals surface area contributed by atoms with Crippen molar-refractivity contribution < 1.29 is 46.8 Å². The second-order valence-electron chi connectivity index (χ2n) is 8.69. The topological polar surface area (TPSA) is 138 Å². The molecule has 8 nitrogen and oxygen atoms in total. The molecule has 0 bridgehead atoms. The summed E-state index contributed by atoms with van der Waals surface area (Å²) in [6, 6.07) is 3.55. The lowest BCUT2D eigenvalue weighted by Gasteiger charge is -2.38. The summed E-state index contributed by atoms with van der Waals surface area (Å²) < 4.78 is 67.3. The summed E-state index contributed by atoms with van der Waals surface area (Å²) in [5.41, 5.74) is 0.868. The third kappa shape index (κ3) is 5.10. The number of alkyl halides is 3. The molecule has 2 aliphatic heterocycles. The van der Waals surface area contributed by atoms with Crippen LogP contribution in [-0.2, 0) is 26.2 Å². The van der Waals surface area contributed by atoms with Crippen molar-refractivity contribution in [2.45, 2.75) is 81.3 Å². The Morgan fingerprint density at radius 1 is 1.12 bits per heavy atom. The van der Waals surface area contributed by atoms with Gasteiger partial charge in [-0.2, -0.15) is 13.2 Å². The molecule has 0 radical (unpaired) electrons. The lowest BCUT2D eigenvalue weighted by Crippen LogP contribution is -2.68. The van der Waals surface area contributed by atoms with E-state index in [-0.39, 0.29) is 30.8 Å². The predicted molar refractivity (Wildman–Crippen MR) is 112 cm³/mol. The van der Waals surface area contributed by atoms with Gasteiger partial charge >= 0.3 is 19.3 Å². The van der Waals surface area contributed by atoms with Crippen molar-refractivity contribution in [3.8, 4) is 5.75 Å². The van der Waals surface area contributed by atoms with E-state index in [1.54, 1.807) is 0 Å². The third-order valence-electron chi connectivity index (χ3n) is 6.17. The first-order chi connectivity index (χ1) is 15.4. The molecule has 0 aromatic heterocycles. The summed E-state index contributed by atoms with van der Waals surface area (Å²) in [7, 11) is -3.59. The van der Waals surface area contributed by atoms with Crippen molar-refractivity contribution in [1.82, 2.24) is 0 Å². The minimum Gasteiger partial charge on any atom is -0.493 e. The molecule has 5 N–H and O–H groups in total. The molecule has 12 heteroatoms. The van der Waals surface area contributed by atoms with Crippen LogP contribution in [0.2, 0.25) is 0 Å². The molecule has 0 aliphatic carbocycles. The number of aliphatic hydroxyl groups excluding tert-OH is 1. The number of hydrogen-bond donors (Lipinski definition) is 4. The average Bonchev–Trinajstić information content (AvgIpc) is 3.56. The lowest BCUT2D eigenvalue weighted by atomic mass is 9.84. The first-order valence-corrected chi connectivity index (χ1v) is 12.6. The number of rotatable bonds is 14. The molecule has 33 heavy (non-hydrogen) atoms. The number of halogens is 3. The highest BCUT2D eigenvalue weighted by Crippen LogP contribution is 3.00. The summed E-state index contributed by atoms with van der Waals surface area (Å²) in [5, 5.41) is 30.4. The Labute approximate surface area is 190 Å². The smallest absolute Gasteiger partial charge is 0.419 e. The Morgan fingerprint density at radius 2 is 1.73 bits per heavy atom. The minimum atomic E-state index is -4.66. The van der Waals surface area contributed by atoms with Crippen molar-refractivity contribution in [3.63, 3.8) is 0 Å². The van der Waals surface area contributed by atoms with Crippen molar-refractivity contribution in [1.29, 1.82) is 0 Å². The molecule has 3 rings (SSSR count). The van der Waals surface area contributed by atoms with Crippen molar-refractivity contribution >= 4 is 7.60 Å². The molecule has 1 atom stereocenters. The standard InChI is InChI=1S/C21H31F3NO7P/c1-2-3-4-5-6-7-12-30-17-9-8-15(13-16(17)19(22,23)24)10-11-18(25,14-26)20(27,28)21-31-33(21,29)32-21/h8-9,13,26-28H,2-7,10-12,14,25H2,1H3. The van der Waals surface area contributed by atoms with Gasteiger partial charge in [0.1, 0.15) is 5.75 Å². The summed E-state index contributed by atoms with van der Waals surface area (Å²) in [4.78, 5) is 0. The van der Waals surface area contributed by atoms with E-state index < -0.39 is 42.8 Å². The molecular formula is C21H31F3NO7P. The van der Waals surface area contributed by atoms with Crippen LogP contribution >= 0.6 is 7.60 Å². The third-order valence-corrected chi connectivity index (χ3v) is 8.04. The van der Waals surface area contributed by atoms with Crippen LogP contribution in [0.3, 0.4) is 0 Å². The predicted octanol–water partition coefficient (Wildman–Crippen LogP) is 3.66. The van der Waals surface area contributed by atoms with Crippen LogP contribution in [0.15, 0.2) is 18.2 Å². The molecule has 2 aliphatic rings. The average molecular weight is 497 g/mol. The number of benzene rings is 1. The van der Waals surface area contributed by atoms with Crippen LogP contribution in [0.1, 0.15) is 63.0 Å². The number of hydrogen-bond acceptors (Lipinski definition) is 8. The Morgan fingerprint density at radius 3 is 2.27 bits per heavy atom. The van der Waals surface area contributed by atoms with Gasteiger partial charge < -0.3 is 25.8 Å². The molecule has 1 aromatic carbocycles. The Kier molecular flexibility index (Phi) is 7.56. The summed E-state index contributed by atoms with van der Waals surface area (Å²) >= 11 is 0. The van der Waals surface area contributed by atoms with E-state index in [1.165, 1.54) is 12.1 Å². The van der Waals surface area contributed by atoms with E-state index >= 15 is 0 Å². The number of aliphatic hydroxyl groups is 3. The van der Waals surface area contributed by atoms with Crippen molar-refractivity contribution in [2.24, 2.45) is 5.73 Å². The fourth-order valence-corrected chi connectivity index (χ4v) is 5.64. The normalized spacial score (nSPS) is 25.9. The van der Waals surface area contributed by atoms with Gasteiger partial charge in [-0.15, -0.1) is 0 Å². The zero-order chi connectivity index (χ0) is 24.5. The quantitative estimate of drug-likeness (QED) is 0.132. The highest BCUT2D eigenvalue weighted by Gasteiger charge is 3.01. The van der Waals surface area contributed by atoms with Gasteiger partial charge in [0.05, 0.1) is 24.3 Å². The van der Waals surface area contributed by atoms with Gasteiger partial charge in [-0.1, -0.05) is 45.1 Å². The first-order valence-electron chi connectivity index (χ1n) is 11.0. The van der Waals surface area contributed by atoms with Crippen LogP contribution in [0.4, 0.5) is 13.2 Å². The van der Waals surface area contributed by atoms with Crippen LogP contribution in [0.5, 0.6) is 5.75 Å². The Bertz CT molecular complexity index is 885. The fourth-order valence-electron chi connectivity index (χ4n) is 3.80. The fraction of sp³-hybridized carbons (Fsp3) is 0.714. The SMILES string of the molecule is CCCCCCCCOc1ccc(CCC(N)(CO)C(O)(O)C23OP2(=O)O3)cc1C(F)(F)F. The maximum Gasteiger partial charge on any atom is 0.419 e. The van der Waals surface area contributed by atoms with Gasteiger partial charge in [-0.25, -0.2) is 0 Å². The molecule has 1 unspecified atom stereocenters. The van der Waals surface area contributed by atoms with Crippen LogP contribution < -0.4 is 10.5 Å². The van der Waals surface area contributed by atoms with Crippen LogP contribution in [0, 0.1) is 0 Å². The molecule has 188 valence electrons. The first kappa shape index (κ1) is 26.4. The molecule has 0 amide bonds. The number of fused-ring (bicyclic) bond motifs is 1. The zero-order valence-electron chi connectivity index (χ0n) is 18.4. The van der Waals surface area contributed by atoms with Gasteiger partial charge in [0.15, 0.2) is 0 Å². The van der Waals surface area contributed by atoms with Gasteiger partial charge in [0, 0.05) is 0 Å². The van der Waals surface area contributed by atoms with E-state index in [1.807, 2.05) is 0 Å². The van der Waals surface area contributed by atoms with E-state index in [4.69, 9.17) is 10.5 Å². The summed E-state index contributed by atoms with van der Waals surface area (Å²) in [5.74, 6) is -3.27. The number of nitrogens with two attached hydrogens (primary N) is 1. The number of unbranched alkanes of at least 4 members (excludes halogenated alkanes) is 5. The molecule has 2 fully saturated rings. The minimum absolute atomic E-state index is 0.138. The summed E-state index contributed by atoms with van der Waals surface area (Å²) in [6.45, 7) is 1.32. The highest BCUT2D eigenvalue weighted by atomic mass is 31.2. The molecule has 1 aromatic rings. The maximum absolute atomic E-state index is 13.6. The van der Waals surface area contributed by atoms with E-state index in [2.05, 4.69) is 16.0 Å². The van der Waals surface area contributed by atoms with E-state index in [0.29, 0.717) is 6.42 Å². The molecular weight excluding hydrogens is 466 g/mol. The van der Waals surface area contributed by atoms with Crippen molar-refractivity contribution in [3.05, 3.63) is 29.3 Å². The molecule has 2 saturated heterocycles. The largest absolute Gasteiger partial charge is 0.493 e. The van der Waals surface area contributed by atoms with E-state index in [9.17, 15) is 33.1 Å². The molecule has 0 spiro atoms. The number of aryl methyl sites for hydroxylation is 1. The zero-order valence-corrected chi connectivity index (χ0v) is 19.3. The molecule has 0 saturated carbocycles. The second-order valence-corrected chi connectivity index (χ2v) is 10.6. The lowest BCUT2D eigenvalue weighted by molar-refractivity contribution is -0.290. The monoisotopic (exact) mass is 497 g/mol. The number of ether oxygens (including phenoxy) is 1. The maximum atomic E-state index is 13.6. The van der Waals surface area contributed by atoms with Gasteiger partial charge in [0.25, 0.3) is 5.79 Å². The van der Waals surface area contributed by atoms with Crippen molar-refractivity contribution in [2.75, 3.05) is 13.2 Å². The van der Waals surface area contributed by atoms with Gasteiger partial charge in [0.2, 0.25) is 0 Å². The summed E-state index contributed by atoms with van der Waals surface area (Å²) in [6.07, 6.45) is 0.743. The van der Waals surface area contributed by atoms with Crippen LogP contribution in [0.25, 0.3) is 0 Å². The highest BCUT2D eigenvalue weighted by molar-refractivity contribution is 7.68. The van der Waals surface area contributed by atoms with Gasteiger partial charge in [-0.05, 0) is 37.0 Å². The Hall–Kier alpha value is -1.20.